The fourth-order valence-corrected chi connectivity index (χ4v) is 0.713. The van der Waals surface area contributed by atoms with Crippen molar-refractivity contribution in [3.05, 3.63) is 11.8 Å². The molecule has 1 heterocycles. The molecule has 10 heavy (non-hydrogen) atoms. The van der Waals surface area contributed by atoms with Crippen LogP contribution in [0.15, 0.2) is 6.07 Å². The van der Waals surface area contributed by atoms with E-state index in [1.54, 1.807) is 0 Å². The summed E-state index contributed by atoms with van der Waals surface area (Å²) in [7, 11) is 0. The number of aryl methyl sites for hydroxylation is 1. The summed E-state index contributed by atoms with van der Waals surface area (Å²) in [6.45, 7) is 1.90. The van der Waals surface area contributed by atoms with Gasteiger partial charge >= 0.3 is 0 Å². The average molecular weight is 156 g/mol. The average Bonchev–Trinajstić information content (AvgIpc) is 2.13. The molecule has 0 radical (unpaired) electrons. The van der Waals surface area contributed by atoms with Gasteiger partial charge in [0.25, 0.3) is 0 Å². The predicted octanol–water partition coefficient (Wildman–Crippen LogP) is 0.374. The van der Waals surface area contributed by atoms with Gasteiger partial charge in [0.15, 0.2) is 10.9 Å². The van der Waals surface area contributed by atoms with Crippen molar-refractivity contribution in [2.45, 2.75) is 6.92 Å². The highest BCUT2D eigenvalue weighted by molar-refractivity contribution is 7.80. The standard InChI is InChI=1S/C5H8N4S/c1-3-2-4(9-8-3)7-5(6)10/h2H,1H3,(H4,6,7,8,9,10). The lowest BCUT2D eigenvalue weighted by atomic mass is 10.5. The lowest BCUT2D eigenvalue weighted by molar-refractivity contribution is 1.05. The van der Waals surface area contributed by atoms with Crippen molar-refractivity contribution in [3.8, 4) is 0 Å². The molecule has 0 spiro atoms. The molecule has 0 saturated carbocycles. The molecule has 0 amide bonds. The van der Waals surface area contributed by atoms with Crippen LogP contribution in [-0.2, 0) is 0 Å². The van der Waals surface area contributed by atoms with Crippen molar-refractivity contribution in [3.63, 3.8) is 0 Å². The normalized spacial score (nSPS) is 9.30. The fourth-order valence-electron chi connectivity index (χ4n) is 0.608. The summed E-state index contributed by atoms with van der Waals surface area (Å²) in [5.41, 5.74) is 6.17. The highest BCUT2D eigenvalue weighted by atomic mass is 32.1. The number of hydrogen-bond acceptors (Lipinski definition) is 2. The second-order valence-electron chi connectivity index (χ2n) is 1.93. The SMILES string of the molecule is Cc1cc(NC(N)=S)n[nH]1. The number of nitrogens with two attached hydrogens (primary N) is 1. The van der Waals surface area contributed by atoms with E-state index >= 15 is 0 Å². The molecule has 1 rings (SSSR count). The highest BCUT2D eigenvalue weighted by Crippen LogP contribution is 2.01. The molecule has 4 N–H and O–H groups in total. The molecule has 0 saturated heterocycles. The Hall–Kier alpha value is -1.10. The van der Waals surface area contributed by atoms with E-state index in [1.807, 2.05) is 13.0 Å². The first-order valence-electron chi connectivity index (χ1n) is 2.77. The monoisotopic (exact) mass is 156 g/mol. The Bertz CT molecular complexity index is 242. The summed E-state index contributed by atoms with van der Waals surface area (Å²) in [6.07, 6.45) is 0. The van der Waals surface area contributed by atoms with Crippen LogP contribution in [-0.4, -0.2) is 15.3 Å². The van der Waals surface area contributed by atoms with E-state index < -0.39 is 0 Å². The first kappa shape index (κ1) is 7.01. The van der Waals surface area contributed by atoms with Gasteiger partial charge in [-0.2, -0.15) is 5.10 Å². The number of thiocarbonyl (C=S) groups is 1. The maximum atomic E-state index is 5.20. The lowest BCUT2D eigenvalue weighted by Crippen LogP contribution is -2.18. The van der Waals surface area contributed by atoms with Crippen LogP contribution in [0.1, 0.15) is 5.69 Å². The number of nitrogens with one attached hydrogen (secondary N) is 2. The molecule has 0 aromatic carbocycles. The highest BCUT2D eigenvalue weighted by Gasteiger charge is 1.95. The number of anilines is 1. The number of aromatic nitrogens is 2. The van der Waals surface area contributed by atoms with Gasteiger partial charge in [0, 0.05) is 11.8 Å². The van der Waals surface area contributed by atoms with Gasteiger partial charge in [-0.1, -0.05) is 0 Å². The number of rotatable bonds is 1. The summed E-state index contributed by atoms with van der Waals surface area (Å²) in [5, 5.41) is 9.52. The first-order chi connectivity index (χ1) is 4.68. The van der Waals surface area contributed by atoms with E-state index in [9.17, 15) is 0 Å². The molecule has 0 bridgehead atoms. The van der Waals surface area contributed by atoms with Gasteiger partial charge in [0.05, 0.1) is 0 Å². The Morgan fingerprint density at radius 1 is 1.90 bits per heavy atom. The van der Waals surface area contributed by atoms with Crippen LogP contribution in [0.4, 0.5) is 5.82 Å². The molecule has 1 aromatic rings. The summed E-state index contributed by atoms with van der Waals surface area (Å²) in [6, 6.07) is 1.82. The van der Waals surface area contributed by atoms with Crippen LogP contribution in [0.3, 0.4) is 0 Å². The van der Waals surface area contributed by atoms with Gasteiger partial charge in [-0.05, 0) is 19.1 Å². The van der Waals surface area contributed by atoms with Gasteiger partial charge in [-0.3, -0.25) is 5.10 Å². The molecule has 0 aliphatic rings. The first-order valence-corrected chi connectivity index (χ1v) is 3.18. The predicted molar refractivity (Wildman–Crippen MR) is 43.7 cm³/mol. The van der Waals surface area contributed by atoms with Crippen LogP contribution in [0, 0.1) is 6.92 Å². The van der Waals surface area contributed by atoms with Gasteiger partial charge in [0.1, 0.15) is 0 Å². The zero-order chi connectivity index (χ0) is 7.56. The Morgan fingerprint density at radius 3 is 3.00 bits per heavy atom. The minimum atomic E-state index is 0.228. The van der Waals surface area contributed by atoms with Crippen molar-refractivity contribution < 1.29 is 0 Å². The Balaban J connectivity index is 2.67. The molecule has 0 atom stereocenters. The number of nitrogens with zero attached hydrogens (tertiary/aromatic N) is 1. The van der Waals surface area contributed by atoms with Crippen LogP contribution in [0.5, 0.6) is 0 Å². The third kappa shape index (κ3) is 1.70. The molecule has 0 unspecified atom stereocenters. The maximum absolute atomic E-state index is 5.20. The molecule has 0 aliphatic heterocycles. The summed E-state index contributed by atoms with van der Waals surface area (Å²) in [5.74, 6) is 0.657. The molecule has 5 heteroatoms. The topological polar surface area (TPSA) is 66.7 Å². The molecule has 4 nitrogen and oxygen atoms in total. The van der Waals surface area contributed by atoms with Gasteiger partial charge in [-0.25, -0.2) is 0 Å². The van der Waals surface area contributed by atoms with E-state index in [4.69, 9.17) is 5.73 Å². The zero-order valence-corrected chi connectivity index (χ0v) is 6.33. The van der Waals surface area contributed by atoms with E-state index in [-0.39, 0.29) is 5.11 Å². The molecule has 54 valence electrons. The van der Waals surface area contributed by atoms with Crippen molar-refractivity contribution >= 4 is 23.1 Å². The smallest absolute Gasteiger partial charge is 0.169 e. The Kier molecular flexibility index (Phi) is 1.86. The van der Waals surface area contributed by atoms with Crippen LogP contribution in [0.25, 0.3) is 0 Å². The van der Waals surface area contributed by atoms with Crippen LogP contribution in [0.2, 0.25) is 0 Å². The van der Waals surface area contributed by atoms with Crippen molar-refractivity contribution in [1.29, 1.82) is 0 Å². The number of hydrogen-bond donors (Lipinski definition) is 3. The van der Waals surface area contributed by atoms with Crippen molar-refractivity contribution in [2.24, 2.45) is 5.73 Å². The molecule has 0 aliphatic carbocycles. The van der Waals surface area contributed by atoms with Crippen LogP contribution < -0.4 is 11.1 Å². The second kappa shape index (κ2) is 2.66. The van der Waals surface area contributed by atoms with Gasteiger partial charge < -0.3 is 11.1 Å². The molecule has 1 aromatic heterocycles. The largest absolute Gasteiger partial charge is 0.376 e. The summed E-state index contributed by atoms with van der Waals surface area (Å²) < 4.78 is 0. The lowest BCUT2D eigenvalue weighted by Gasteiger charge is -1.94. The third-order valence-corrected chi connectivity index (χ3v) is 1.06. The minimum absolute atomic E-state index is 0.228. The maximum Gasteiger partial charge on any atom is 0.169 e. The van der Waals surface area contributed by atoms with Gasteiger partial charge in [0.2, 0.25) is 0 Å². The van der Waals surface area contributed by atoms with Crippen LogP contribution >= 0.6 is 12.2 Å². The Morgan fingerprint density at radius 2 is 2.60 bits per heavy atom. The van der Waals surface area contributed by atoms with E-state index in [0.717, 1.165) is 5.69 Å². The zero-order valence-electron chi connectivity index (χ0n) is 5.51. The summed E-state index contributed by atoms with van der Waals surface area (Å²) in [4.78, 5) is 0. The van der Waals surface area contributed by atoms with Crippen molar-refractivity contribution in [1.82, 2.24) is 10.2 Å². The molecule has 0 fully saturated rings. The summed E-state index contributed by atoms with van der Waals surface area (Å²) >= 11 is 4.60. The minimum Gasteiger partial charge on any atom is -0.376 e. The van der Waals surface area contributed by atoms with E-state index in [1.165, 1.54) is 0 Å². The van der Waals surface area contributed by atoms with E-state index in [2.05, 4.69) is 27.7 Å². The fraction of sp³-hybridized carbons (Fsp3) is 0.200. The molecular weight excluding hydrogens is 148 g/mol. The second-order valence-corrected chi connectivity index (χ2v) is 2.37. The third-order valence-electron chi connectivity index (χ3n) is 0.957. The molecular formula is C5H8N4S. The van der Waals surface area contributed by atoms with Gasteiger partial charge in [-0.15, -0.1) is 0 Å². The number of H-pyrrole nitrogens is 1. The van der Waals surface area contributed by atoms with Crippen molar-refractivity contribution in [2.75, 3.05) is 5.32 Å². The van der Waals surface area contributed by atoms with E-state index in [0.29, 0.717) is 5.82 Å². The number of aromatic amines is 1. The Labute approximate surface area is 63.8 Å². The quantitative estimate of drug-likeness (QED) is 0.514.